The topological polar surface area (TPSA) is 88.0 Å². The Morgan fingerprint density at radius 2 is 2.18 bits per heavy atom. The molecule has 0 aliphatic carbocycles. The van der Waals surface area contributed by atoms with E-state index in [-0.39, 0.29) is 17.4 Å². The SMILES string of the molecule is O=C(NCCCCCI)c1ccc([N+](=O)[O-])[nH]1. The van der Waals surface area contributed by atoms with Crippen LogP contribution in [-0.4, -0.2) is 26.8 Å². The summed E-state index contributed by atoms with van der Waals surface area (Å²) in [6, 6.07) is 2.70. The lowest BCUT2D eigenvalue weighted by molar-refractivity contribution is -0.389. The molecule has 0 saturated carbocycles. The van der Waals surface area contributed by atoms with Crippen LogP contribution in [0.1, 0.15) is 29.8 Å². The second-order valence-electron chi connectivity index (χ2n) is 3.52. The van der Waals surface area contributed by atoms with Crippen molar-refractivity contribution >= 4 is 34.3 Å². The Balaban J connectivity index is 2.34. The molecule has 1 amide bonds. The summed E-state index contributed by atoms with van der Waals surface area (Å²) in [6.45, 7) is 0.599. The second kappa shape index (κ2) is 7.25. The average molecular weight is 351 g/mol. The molecule has 1 aromatic rings. The molecule has 1 aromatic heterocycles. The van der Waals surface area contributed by atoms with Gasteiger partial charge in [-0.3, -0.25) is 4.79 Å². The number of carbonyl (C=O) groups is 1. The van der Waals surface area contributed by atoms with E-state index in [0.717, 1.165) is 23.7 Å². The lowest BCUT2D eigenvalue weighted by atomic mass is 10.2. The molecule has 0 spiro atoms. The maximum Gasteiger partial charge on any atom is 0.321 e. The largest absolute Gasteiger partial charge is 0.358 e. The van der Waals surface area contributed by atoms with Crippen molar-refractivity contribution in [2.24, 2.45) is 0 Å². The predicted molar refractivity (Wildman–Crippen MR) is 72.5 cm³/mol. The molecule has 1 heterocycles. The Kier molecular flexibility index (Phi) is 5.95. The number of nitro groups is 1. The van der Waals surface area contributed by atoms with Crippen molar-refractivity contribution in [3.8, 4) is 0 Å². The van der Waals surface area contributed by atoms with E-state index in [1.807, 2.05) is 0 Å². The molecule has 0 bridgehead atoms. The molecule has 0 aliphatic heterocycles. The van der Waals surface area contributed by atoms with Crippen molar-refractivity contribution in [2.75, 3.05) is 11.0 Å². The highest BCUT2D eigenvalue weighted by Crippen LogP contribution is 2.09. The Bertz CT molecular complexity index is 392. The highest BCUT2D eigenvalue weighted by Gasteiger charge is 2.14. The zero-order valence-corrected chi connectivity index (χ0v) is 11.4. The average Bonchev–Trinajstić information content (AvgIpc) is 2.78. The van der Waals surface area contributed by atoms with Crippen LogP contribution < -0.4 is 5.32 Å². The molecular weight excluding hydrogens is 337 g/mol. The molecule has 0 saturated heterocycles. The van der Waals surface area contributed by atoms with Gasteiger partial charge in [-0.15, -0.1) is 0 Å². The lowest BCUT2D eigenvalue weighted by Gasteiger charge is -2.01. The zero-order chi connectivity index (χ0) is 12.7. The highest BCUT2D eigenvalue weighted by atomic mass is 127. The first-order valence-corrected chi connectivity index (χ1v) is 6.85. The number of rotatable bonds is 7. The first kappa shape index (κ1) is 13.9. The third-order valence-corrected chi connectivity index (χ3v) is 2.97. The Morgan fingerprint density at radius 1 is 1.41 bits per heavy atom. The third-order valence-electron chi connectivity index (χ3n) is 2.21. The van der Waals surface area contributed by atoms with Gasteiger partial charge in [0.15, 0.2) is 5.69 Å². The number of aromatic nitrogens is 1. The minimum Gasteiger partial charge on any atom is -0.358 e. The van der Waals surface area contributed by atoms with Gasteiger partial charge in [0.05, 0.1) is 0 Å². The van der Waals surface area contributed by atoms with Gasteiger partial charge in [-0.25, -0.2) is 4.98 Å². The summed E-state index contributed by atoms with van der Waals surface area (Å²) in [7, 11) is 0. The van der Waals surface area contributed by atoms with E-state index >= 15 is 0 Å². The summed E-state index contributed by atoms with van der Waals surface area (Å²) < 4.78 is 1.12. The van der Waals surface area contributed by atoms with Crippen LogP contribution in [0.15, 0.2) is 12.1 Å². The van der Waals surface area contributed by atoms with Crippen molar-refractivity contribution in [1.82, 2.24) is 10.3 Å². The summed E-state index contributed by atoms with van der Waals surface area (Å²) in [5.41, 5.74) is 0.227. The normalized spacial score (nSPS) is 10.2. The van der Waals surface area contributed by atoms with E-state index in [2.05, 4.69) is 32.9 Å². The van der Waals surface area contributed by atoms with Gasteiger partial charge in [-0.1, -0.05) is 29.0 Å². The summed E-state index contributed by atoms with van der Waals surface area (Å²) in [5.74, 6) is -0.465. The zero-order valence-electron chi connectivity index (χ0n) is 9.24. The molecule has 0 fully saturated rings. The van der Waals surface area contributed by atoms with Crippen LogP contribution in [0.25, 0.3) is 0 Å². The summed E-state index contributed by atoms with van der Waals surface area (Å²) in [4.78, 5) is 23.9. The van der Waals surface area contributed by atoms with Gasteiger partial charge in [0, 0.05) is 12.6 Å². The number of amides is 1. The van der Waals surface area contributed by atoms with Crippen LogP contribution in [0.5, 0.6) is 0 Å². The fourth-order valence-corrected chi connectivity index (χ4v) is 1.86. The van der Waals surface area contributed by atoms with Crippen LogP contribution in [0.2, 0.25) is 0 Å². The van der Waals surface area contributed by atoms with E-state index in [0.29, 0.717) is 6.54 Å². The van der Waals surface area contributed by atoms with Crippen molar-refractivity contribution in [3.05, 3.63) is 27.9 Å². The van der Waals surface area contributed by atoms with Crippen LogP contribution in [0, 0.1) is 10.1 Å². The molecule has 7 heteroatoms. The number of nitrogens with one attached hydrogen (secondary N) is 2. The van der Waals surface area contributed by atoms with Gasteiger partial charge in [-0.2, -0.15) is 0 Å². The van der Waals surface area contributed by atoms with Gasteiger partial charge < -0.3 is 15.4 Å². The quantitative estimate of drug-likeness (QED) is 0.260. The molecule has 0 unspecified atom stereocenters. The van der Waals surface area contributed by atoms with E-state index in [1.165, 1.54) is 12.1 Å². The fraction of sp³-hybridized carbons (Fsp3) is 0.500. The van der Waals surface area contributed by atoms with Crippen molar-refractivity contribution in [1.29, 1.82) is 0 Å². The Morgan fingerprint density at radius 3 is 2.76 bits per heavy atom. The Hall–Kier alpha value is -1.12. The van der Waals surface area contributed by atoms with Crippen molar-refractivity contribution < 1.29 is 9.72 Å². The summed E-state index contributed by atoms with van der Waals surface area (Å²) in [6.07, 6.45) is 3.15. The molecule has 1 rings (SSSR count). The van der Waals surface area contributed by atoms with Gasteiger partial charge >= 0.3 is 5.82 Å². The smallest absolute Gasteiger partial charge is 0.321 e. The van der Waals surface area contributed by atoms with Crippen LogP contribution >= 0.6 is 22.6 Å². The second-order valence-corrected chi connectivity index (χ2v) is 4.60. The maximum absolute atomic E-state index is 11.5. The van der Waals surface area contributed by atoms with E-state index < -0.39 is 4.92 Å². The third kappa shape index (κ3) is 4.72. The van der Waals surface area contributed by atoms with Crippen LogP contribution in [0.3, 0.4) is 0 Å². The lowest BCUT2D eigenvalue weighted by Crippen LogP contribution is -2.24. The Labute approximate surface area is 112 Å². The van der Waals surface area contributed by atoms with E-state index in [4.69, 9.17) is 0 Å². The fourth-order valence-electron chi connectivity index (χ4n) is 1.32. The molecule has 17 heavy (non-hydrogen) atoms. The van der Waals surface area contributed by atoms with E-state index in [9.17, 15) is 14.9 Å². The van der Waals surface area contributed by atoms with Crippen LogP contribution in [0.4, 0.5) is 5.82 Å². The number of unbranched alkanes of at least 4 members (excludes halogenated alkanes) is 2. The number of carbonyl (C=O) groups excluding carboxylic acids is 1. The first-order valence-electron chi connectivity index (χ1n) is 5.32. The highest BCUT2D eigenvalue weighted by molar-refractivity contribution is 14.1. The van der Waals surface area contributed by atoms with Crippen LogP contribution in [-0.2, 0) is 0 Å². The molecule has 0 atom stereocenters. The van der Waals surface area contributed by atoms with Crippen molar-refractivity contribution in [3.63, 3.8) is 0 Å². The summed E-state index contributed by atoms with van der Waals surface area (Å²) >= 11 is 2.31. The van der Waals surface area contributed by atoms with Gasteiger partial charge in [-0.05, 0) is 28.3 Å². The van der Waals surface area contributed by atoms with Gasteiger partial charge in [0.25, 0.3) is 5.91 Å². The molecule has 2 N–H and O–H groups in total. The van der Waals surface area contributed by atoms with E-state index in [1.54, 1.807) is 0 Å². The monoisotopic (exact) mass is 351 g/mol. The molecule has 0 radical (unpaired) electrons. The minimum atomic E-state index is -0.558. The van der Waals surface area contributed by atoms with Crippen molar-refractivity contribution in [2.45, 2.75) is 19.3 Å². The molecule has 0 aliphatic rings. The van der Waals surface area contributed by atoms with Gasteiger partial charge in [0.1, 0.15) is 0 Å². The number of halogens is 1. The first-order chi connectivity index (χ1) is 8.15. The number of hydrogen-bond donors (Lipinski definition) is 2. The maximum atomic E-state index is 11.5. The molecule has 6 nitrogen and oxygen atoms in total. The molecule has 94 valence electrons. The summed E-state index contributed by atoms with van der Waals surface area (Å²) in [5, 5.41) is 13.1. The predicted octanol–water partition coefficient (Wildman–Crippen LogP) is 2.26. The molecule has 0 aromatic carbocycles. The number of nitrogens with zero attached hydrogens (tertiary/aromatic N) is 1. The number of H-pyrrole nitrogens is 1. The number of hydrogen-bond acceptors (Lipinski definition) is 3. The number of aromatic amines is 1. The number of alkyl halides is 1. The van der Waals surface area contributed by atoms with Gasteiger partial charge in [0.2, 0.25) is 0 Å². The standard InChI is InChI=1S/C10H14IN3O3/c11-6-2-1-3-7-12-10(15)8-4-5-9(13-8)14(16)17/h4-5,13H,1-3,6-7H2,(H,12,15). The minimum absolute atomic E-state index is 0.167. The molecular formula is C10H14IN3O3.